The number of likely N-dealkylation sites (N-methyl/N-ethyl adjacent to an activating group) is 1. The third-order valence-electron chi connectivity index (χ3n) is 4.88. The molecule has 0 unspecified atom stereocenters. The molecule has 27 heavy (non-hydrogen) atoms. The highest BCUT2D eigenvalue weighted by atomic mass is 35.5. The van der Waals surface area contributed by atoms with Crippen LogP contribution in [-0.2, 0) is 11.3 Å². The summed E-state index contributed by atoms with van der Waals surface area (Å²) in [4.78, 5) is 12.2. The smallest absolute Gasteiger partial charge is 0.275 e. The van der Waals surface area contributed by atoms with Gasteiger partial charge < -0.3 is 22.2 Å². The summed E-state index contributed by atoms with van der Waals surface area (Å²) >= 11 is 0. The number of rotatable bonds is 15. The number of benzene rings is 1. The Morgan fingerprint density at radius 1 is 0.852 bits per heavy atom. The van der Waals surface area contributed by atoms with E-state index in [4.69, 9.17) is 0 Å². The second-order valence-electron chi connectivity index (χ2n) is 8.27. The SMILES string of the molecule is CCCCCCCCCCCCNC(=O)C[N+](C)(C)Cc1ccccc1.[Cl-]. The minimum atomic E-state index is 0. The Labute approximate surface area is 173 Å². The molecule has 0 aliphatic rings. The van der Waals surface area contributed by atoms with Crippen molar-refractivity contribution in [1.29, 1.82) is 0 Å². The predicted octanol–water partition coefficient (Wildman–Crippen LogP) is 2.30. The summed E-state index contributed by atoms with van der Waals surface area (Å²) in [6, 6.07) is 10.4. The molecular formula is C23H41ClN2O. The monoisotopic (exact) mass is 396 g/mol. The van der Waals surface area contributed by atoms with Crippen molar-refractivity contribution in [3.05, 3.63) is 35.9 Å². The molecule has 1 aromatic rings. The number of hydrogen-bond acceptors (Lipinski definition) is 1. The van der Waals surface area contributed by atoms with Gasteiger partial charge in [-0.2, -0.15) is 0 Å². The number of unbranched alkanes of at least 4 members (excludes halogenated alkanes) is 9. The van der Waals surface area contributed by atoms with Crippen LogP contribution in [0.4, 0.5) is 0 Å². The van der Waals surface area contributed by atoms with Gasteiger partial charge in [-0.1, -0.05) is 95.0 Å². The molecule has 0 spiro atoms. The fraction of sp³-hybridized carbons (Fsp3) is 0.696. The molecule has 0 saturated heterocycles. The van der Waals surface area contributed by atoms with Crippen LogP contribution in [0.25, 0.3) is 0 Å². The molecule has 1 rings (SSSR count). The van der Waals surface area contributed by atoms with Crippen molar-refractivity contribution in [3.63, 3.8) is 0 Å². The van der Waals surface area contributed by atoms with Crippen LogP contribution in [0.3, 0.4) is 0 Å². The number of halogens is 1. The Hall–Kier alpha value is -1.06. The van der Waals surface area contributed by atoms with Crippen molar-refractivity contribution in [3.8, 4) is 0 Å². The van der Waals surface area contributed by atoms with Crippen LogP contribution in [-0.4, -0.2) is 37.6 Å². The van der Waals surface area contributed by atoms with Crippen LogP contribution in [0.5, 0.6) is 0 Å². The van der Waals surface area contributed by atoms with E-state index in [1.807, 2.05) is 6.07 Å². The Kier molecular flexibility index (Phi) is 15.3. The molecule has 0 radical (unpaired) electrons. The number of nitrogens with zero attached hydrogens (tertiary/aromatic N) is 1. The molecule has 0 heterocycles. The lowest BCUT2D eigenvalue weighted by molar-refractivity contribution is -0.895. The van der Waals surface area contributed by atoms with Crippen molar-refractivity contribution in [2.45, 2.75) is 77.7 Å². The molecule has 0 fully saturated rings. The molecule has 0 atom stereocenters. The van der Waals surface area contributed by atoms with Crippen LogP contribution < -0.4 is 17.7 Å². The number of carbonyl (C=O) groups excluding carboxylic acids is 1. The lowest BCUT2D eigenvalue weighted by atomic mass is 10.1. The number of nitrogens with one attached hydrogen (secondary N) is 1. The second-order valence-corrected chi connectivity index (χ2v) is 8.27. The molecule has 0 saturated carbocycles. The average molecular weight is 397 g/mol. The van der Waals surface area contributed by atoms with Gasteiger partial charge in [0.2, 0.25) is 0 Å². The van der Waals surface area contributed by atoms with E-state index in [9.17, 15) is 4.79 Å². The standard InChI is InChI=1S/C23H40N2O.ClH/c1-4-5-6-7-8-9-10-11-12-16-19-24-23(26)21-25(2,3)20-22-17-14-13-15-18-22;/h13-15,17-18H,4-12,16,19-21H2,1-3H3;1H. The first-order chi connectivity index (χ1) is 12.5. The van der Waals surface area contributed by atoms with E-state index in [1.165, 1.54) is 63.4 Å². The van der Waals surface area contributed by atoms with Crippen LogP contribution >= 0.6 is 0 Å². The van der Waals surface area contributed by atoms with Gasteiger partial charge in [-0.3, -0.25) is 4.79 Å². The third kappa shape index (κ3) is 14.6. The van der Waals surface area contributed by atoms with E-state index in [1.54, 1.807) is 0 Å². The molecule has 0 aliphatic heterocycles. The molecule has 0 bridgehead atoms. The molecule has 0 aromatic heterocycles. The van der Waals surface area contributed by atoms with Crippen LogP contribution in [0.2, 0.25) is 0 Å². The highest BCUT2D eigenvalue weighted by Gasteiger charge is 2.20. The summed E-state index contributed by atoms with van der Waals surface area (Å²) in [6.07, 6.45) is 13.3. The molecule has 1 amide bonds. The summed E-state index contributed by atoms with van der Waals surface area (Å²) in [5, 5.41) is 3.10. The van der Waals surface area contributed by atoms with Gasteiger partial charge in [0.15, 0.2) is 6.54 Å². The van der Waals surface area contributed by atoms with E-state index in [-0.39, 0.29) is 18.3 Å². The van der Waals surface area contributed by atoms with Gasteiger partial charge in [0.1, 0.15) is 6.54 Å². The number of carbonyl (C=O) groups is 1. The summed E-state index contributed by atoms with van der Waals surface area (Å²) in [5.74, 6) is 0.168. The van der Waals surface area contributed by atoms with E-state index in [0.29, 0.717) is 11.0 Å². The Balaban J connectivity index is 0.00000676. The normalized spacial score (nSPS) is 11.1. The highest BCUT2D eigenvalue weighted by molar-refractivity contribution is 5.77. The summed E-state index contributed by atoms with van der Waals surface area (Å²) in [6.45, 7) is 4.50. The van der Waals surface area contributed by atoms with Crippen LogP contribution in [0, 0.1) is 0 Å². The quantitative estimate of drug-likeness (QED) is 0.357. The molecular weight excluding hydrogens is 356 g/mol. The van der Waals surface area contributed by atoms with Gasteiger partial charge in [0, 0.05) is 12.1 Å². The molecule has 1 N–H and O–H groups in total. The zero-order valence-electron chi connectivity index (χ0n) is 17.8. The Bertz CT molecular complexity index is 477. The van der Waals surface area contributed by atoms with Crippen molar-refractivity contribution in [2.75, 3.05) is 27.2 Å². The molecule has 3 nitrogen and oxygen atoms in total. The Morgan fingerprint density at radius 3 is 1.93 bits per heavy atom. The first-order valence-electron chi connectivity index (χ1n) is 10.7. The van der Waals surface area contributed by atoms with Gasteiger partial charge in [-0.05, 0) is 6.42 Å². The molecule has 1 aromatic carbocycles. The van der Waals surface area contributed by atoms with Crippen molar-refractivity contribution >= 4 is 5.91 Å². The van der Waals surface area contributed by atoms with E-state index >= 15 is 0 Å². The summed E-state index contributed by atoms with van der Waals surface area (Å²) in [7, 11) is 4.24. The highest BCUT2D eigenvalue weighted by Crippen LogP contribution is 2.11. The predicted molar refractivity (Wildman–Crippen MR) is 112 cm³/mol. The number of quaternary nitrogens is 1. The van der Waals surface area contributed by atoms with Gasteiger partial charge in [0.25, 0.3) is 5.91 Å². The zero-order valence-corrected chi connectivity index (χ0v) is 18.6. The first-order valence-corrected chi connectivity index (χ1v) is 10.7. The van der Waals surface area contributed by atoms with Crippen LogP contribution in [0.1, 0.15) is 76.7 Å². The minimum Gasteiger partial charge on any atom is -1.00 e. The van der Waals surface area contributed by atoms with Crippen LogP contribution in [0.15, 0.2) is 30.3 Å². The van der Waals surface area contributed by atoms with Gasteiger partial charge in [0.05, 0.1) is 14.1 Å². The van der Waals surface area contributed by atoms with Crippen molar-refractivity contribution < 1.29 is 21.7 Å². The largest absolute Gasteiger partial charge is 1.00 e. The summed E-state index contributed by atoms with van der Waals surface area (Å²) < 4.78 is 0.688. The second kappa shape index (κ2) is 15.9. The fourth-order valence-electron chi connectivity index (χ4n) is 3.42. The van der Waals surface area contributed by atoms with Gasteiger partial charge in [-0.25, -0.2) is 0 Å². The van der Waals surface area contributed by atoms with Gasteiger partial charge >= 0.3 is 0 Å². The Morgan fingerprint density at radius 2 is 1.37 bits per heavy atom. The first kappa shape index (κ1) is 25.9. The van der Waals surface area contributed by atoms with Crippen molar-refractivity contribution in [2.24, 2.45) is 0 Å². The molecule has 156 valence electrons. The minimum absolute atomic E-state index is 0. The maximum absolute atomic E-state index is 12.2. The summed E-state index contributed by atoms with van der Waals surface area (Å²) in [5.41, 5.74) is 1.28. The lowest BCUT2D eigenvalue weighted by Crippen LogP contribution is -3.00. The molecule has 0 aliphatic carbocycles. The maximum Gasteiger partial charge on any atom is 0.275 e. The zero-order chi connectivity index (χ0) is 19.1. The molecule has 4 heteroatoms. The topological polar surface area (TPSA) is 29.1 Å². The lowest BCUT2D eigenvalue weighted by Gasteiger charge is -2.29. The average Bonchev–Trinajstić information content (AvgIpc) is 2.59. The van der Waals surface area contributed by atoms with Gasteiger partial charge in [-0.15, -0.1) is 0 Å². The van der Waals surface area contributed by atoms with E-state index < -0.39 is 0 Å². The third-order valence-corrected chi connectivity index (χ3v) is 4.88. The van der Waals surface area contributed by atoms with E-state index in [2.05, 4.69) is 50.6 Å². The van der Waals surface area contributed by atoms with Crippen molar-refractivity contribution in [1.82, 2.24) is 5.32 Å². The number of hydrogen-bond donors (Lipinski definition) is 1. The number of amides is 1. The maximum atomic E-state index is 12.2. The fourth-order valence-corrected chi connectivity index (χ4v) is 3.42. The van der Waals surface area contributed by atoms with E-state index in [0.717, 1.165) is 19.5 Å².